The highest BCUT2D eigenvalue weighted by Crippen LogP contribution is 2.40. The smallest absolute Gasteiger partial charge is 0.352 e. The SMILES string of the molecule is CCO/N=C(\C(=O)N[C@@H]1C(=O)N2C(C(=O)O)=C(/C=C/CN3C=CC(=C4C=C(C(=O)NC#N)N=N4)C=C3)CS[C@H]12)c1csc(N)n1. The number of fused-ring (bicyclic) bond motifs is 1. The van der Waals surface area contributed by atoms with Crippen LogP contribution in [-0.2, 0) is 24.0 Å². The lowest BCUT2D eigenvalue weighted by atomic mass is 10.0. The molecule has 0 spiro atoms. The van der Waals surface area contributed by atoms with Gasteiger partial charge < -0.3 is 25.9 Å². The van der Waals surface area contributed by atoms with E-state index >= 15 is 0 Å². The molecule has 0 radical (unpaired) electrons. The molecule has 0 unspecified atom stereocenters. The standard InChI is InChI=1S/C27H24N10O6S2/c1-2-43-35-19(18-12-45-27(29)31-18)23(39)32-20-24(40)37-21(26(41)42)15(11-44-25(20)37)4-3-7-36-8-5-14(6-9-36)16-10-17(34-33-16)22(38)30-13-28/h3-6,8-10,12,20,25H,2,7,11H2,1H3,(H2,29,31)(H,30,38)(H,32,39)(H,41,42)/b4-3+,35-19-/t20-,25-/m1/s1. The van der Waals surface area contributed by atoms with Crippen LogP contribution in [-0.4, -0.2) is 79.6 Å². The summed E-state index contributed by atoms with van der Waals surface area (Å²) in [6.45, 7) is 2.29. The summed E-state index contributed by atoms with van der Waals surface area (Å²) in [6, 6.07) is -0.969. The molecular formula is C27H24N10O6S2. The van der Waals surface area contributed by atoms with E-state index in [1.54, 1.807) is 55.2 Å². The van der Waals surface area contributed by atoms with Gasteiger partial charge in [-0.25, -0.2) is 9.78 Å². The van der Waals surface area contributed by atoms with Crippen molar-refractivity contribution >= 4 is 57.6 Å². The number of nitrogens with one attached hydrogen (secondary N) is 2. The van der Waals surface area contributed by atoms with Crippen LogP contribution in [0.1, 0.15) is 12.6 Å². The highest BCUT2D eigenvalue weighted by molar-refractivity contribution is 8.00. The van der Waals surface area contributed by atoms with Gasteiger partial charge in [0.1, 0.15) is 29.4 Å². The fourth-order valence-electron chi connectivity index (χ4n) is 4.44. The number of thioether (sulfide) groups is 1. The number of allylic oxidation sites excluding steroid dienone is 5. The number of amides is 3. The molecule has 16 nitrogen and oxygen atoms in total. The number of azo groups is 1. The number of nitrogens with two attached hydrogens (primary N) is 1. The van der Waals surface area contributed by atoms with Gasteiger partial charge >= 0.3 is 5.97 Å². The number of β-lactam (4-membered cyclic amide) rings is 1. The number of carboxylic acid groups (broad SMARTS) is 1. The fraction of sp³-hybridized carbons (Fsp3) is 0.222. The zero-order chi connectivity index (χ0) is 32.1. The largest absolute Gasteiger partial charge is 0.477 e. The zero-order valence-electron chi connectivity index (χ0n) is 23.4. The Bertz CT molecular complexity index is 1730. The molecule has 0 aliphatic carbocycles. The summed E-state index contributed by atoms with van der Waals surface area (Å²) in [5, 5.41) is 35.9. The molecule has 1 saturated heterocycles. The maximum absolute atomic E-state index is 13.1. The number of rotatable bonds is 10. The van der Waals surface area contributed by atoms with Crippen molar-refractivity contribution in [2.24, 2.45) is 15.4 Å². The Kier molecular flexibility index (Phi) is 9.20. The van der Waals surface area contributed by atoms with E-state index in [0.717, 1.165) is 11.3 Å². The molecule has 4 aliphatic heterocycles. The first-order valence-electron chi connectivity index (χ1n) is 13.2. The number of carbonyl (C=O) groups is 4. The molecule has 5 N–H and O–H groups in total. The van der Waals surface area contributed by atoms with Crippen molar-refractivity contribution in [3.63, 3.8) is 0 Å². The van der Waals surface area contributed by atoms with Gasteiger partial charge in [-0.15, -0.1) is 33.3 Å². The van der Waals surface area contributed by atoms with Crippen LogP contribution in [0.2, 0.25) is 0 Å². The predicted molar refractivity (Wildman–Crippen MR) is 162 cm³/mol. The average molecular weight is 649 g/mol. The molecule has 5 heterocycles. The Hall–Kier alpha value is -5.54. The molecule has 1 fully saturated rings. The number of hydrogen-bond acceptors (Lipinski definition) is 14. The third-order valence-corrected chi connectivity index (χ3v) is 8.49. The van der Waals surface area contributed by atoms with Crippen molar-refractivity contribution in [2.75, 3.05) is 24.6 Å². The molecule has 4 aliphatic rings. The summed E-state index contributed by atoms with van der Waals surface area (Å²) >= 11 is 2.44. The molecule has 45 heavy (non-hydrogen) atoms. The number of hydrogen-bond donors (Lipinski definition) is 4. The van der Waals surface area contributed by atoms with Crippen molar-refractivity contribution in [3.05, 3.63) is 82.1 Å². The maximum Gasteiger partial charge on any atom is 0.352 e. The van der Waals surface area contributed by atoms with Crippen molar-refractivity contribution < 1.29 is 29.1 Å². The molecule has 18 heteroatoms. The average Bonchev–Trinajstić information content (AvgIpc) is 3.70. The molecule has 2 atom stereocenters. The number of thiazole rings is 1. The van der Waals surface area contributed by atoms with Crippen molar-refractivity contribution in [2.45, 2.75) is 18.3 Å². The van der Waals surface area contributed by atoms with Gasteiger partial charge in [-0.05, 0) is 30.7 Å². The van der Waals surface area contributed by atoms with Gasteiger partial charge in [0, 0.05) is 35.7 Å². The zero-order valence-corrected chi connectivity index (χ0v) is 25.0. The third kappa shape index (κ3) is 6.53. The molecule has 0 aromatic carbocycles. The number of nitrogens with zero attached hydrogens (tertiary/aromatic N) is 7. The Morgan fingerprint density at radius 1 is 1.31 bits per heavy atom. The van der Waals surface area contributed by atoms with E-state index < -0.39 is 35.1 Å². The van der Waals surface area contributed by atoms with E-state index in [9.17, 15) is 24.3 Å². The van der Waals surface area contributed by atoms with Gasteiger partial charge in [0.05, 0.1) is 5.70 Å². The van der Waals surface area contributed by atoms with Crippen molar-refractivity contribution in [3.8, 4) is 6.19 Å². The molecule has 230 valence electrons. The Balaban J connectivity index is 1.23. The Labute approximate surface area is 263 Å². The second-order valence-electron chi connectivity index (χ2n) is 9.34. The quantitative estimate of drug-likeness (QED) is 0.0929. The lowest BCUT2D eigenvalue weighted by Crippen LogP contribution is -2.71. The van der Waals surface area contributed by atoms with Gasteiger partial charge in [-0.2, -0.15) is 5.26 Å². The first kappa shape index (κ1) is 30.9. The van der Waals surface area contributed by atoms with Gasteiger partial charge in [0.2, 0.25) is 0 Å². The van der Waals surface area contributed by atoms with Gasteiger partial charge in [0.15, 0.2) is 22.7 Å². The normalized spacial score (nSPS) is 20.7. The monoisotopic (exact) mass is 648 g/mol. The van der Waals surface area contributed by atoms with Crippen LogP contribution in [0.4, 0.5) is 5.13 Å². The van der Waals surface area contributed by atoms with E-state index in [4.69, 9.17) is 15.8 Å². The van der Waals surface area contributed by atoms with Crippen LogP contribution in [0.3, 0.4) is 0 Å². The highest BCUT2D eigenvalue weighted by Gasteiger charge is 2.54. The number of nitriles is 1. The summed E-state index contributed by atoms with van der Waals surface area (Å²) in [7, 11) is 0. The van der Waals surface area contributed by atoms with Crippen molar-refractivity contribution in [1.29, 1.82) is 5.26 Å². The molecule has 1 aromatic rings. The summed E-state index contributed by atoms with van der Waals surface area (Å²) < 4.78 is 0. The first-order valence-corrected chi connectivity index (χ1v) is 15.1. The molecule has 0 bridgehead atoms. The van der Waals surface area contributed by atoms with E-state index in [2.05, 4.69) is 25.7 Å². The van der Waals surface area contributed by atoms with E-state index in [-0.39, 0.29) is 34.5 Å². The topological polar surface area (TPSA) is 228 Å². The van der Waals surface area contributed by atoms with Gasteiger partial charge in [-0.1, -0.05) is 17.3 Å². The molecule has 3 amide bonds. The van der Waals surface area contributed by atoms with E-state index in [1.165, 1.54) is 22.7 Å². The summed E-state index contributed by atoms with van der Waals surface area (Å²) in [6.07, 6.45) is 13.5. The summed E-state index contributed by atoms with van der Waals surface area (Å²) in [5.41, 5.74) is 7.24. The third-order valence-electron chi connectivity index (χ3n) is 6.51. The lowest BCUT2D eigenvalue weighted by molar-refractivity contribution is -0.150. The van der Waals surface area contributed by atoms with Crippen LogP contribution < -0.4 is 16.4 Å². The predicted octanol–water partition coefficient (Wildman–Crippen LogP) is 1.30. The maximum atomic E-state index is 13.1. The molecular weight excluding hydrogens is 624 g/mol. The number of aromatic nitrogens is 1. The lowest BCUT2D eigenvalue weighted by Gasteiger charge is -2.49. The van der Waals surface area contributed by atoms with Gasteiger partial charge in [0.25, 0.3) is 17.7 Å². The minimum atomic E-state index is -1.26. The highest BCUT2D eigenvalue weighted by atomic mass is 32.2. The fourth-order valence-corrected chi connectivity index (χ4v) is 6.31. The minimum Gasteiger partial charge on any atom is -0.477 e. The van der Waals surface area contributed by atoms with Crippen LogP contribution in [0.5, 0.6) is 0 Å². The summed E-state index contributed by atoms with van der Waals surface area (Å²) in [5.74, 6) is -2.87. The van der Waals surface area contributed by atoms with Crippen molar-refractivity contribution in [1.82, 2.24) is 25.4 Å². The Morgan fingerprint density at radius 2 is 2.09 bits per heavy atom. The number of oxime groups is 1. The first-order chi connectivity index (χ1) is 21.7. The number of anilines is 1. The van der Waals surface area contributed by atoms with Crippen LogP contribution in [0.15, 0.2) is 91.8 Å². The van der Waals surface area contributed by atoms with E-state index in [1.807, 2.05) is 10.2 Å². The number of carboxylic acids is 1. The van der Waals surface area contributed by atoms with E-state index in [0.29, 0.717) is 29.1 Å². The minimum absolute atomic E-state index is 0.0251. The molecule has 5 rings (SSSR count). The van der Waals surface area contributed by atoms with Crippen LogP contribution in [0.25, 0.3) is 0 Å². The molecule has 1 aromatic heterocycles. The number of aliphatic carboxylic acids is 1. The number of carbonyl (C=O) groups excluding carboxylic acids is 3. The molecule has 0 saturated carbocycles. The van der Waals surface area contributed by atoms with Crippen LogP contribution in [0, 0.1) is 11.5 Å². The second-order valence-corrected chi connectivity index (χ2v) is 11.3. The number of nitrogen functional groups attached to an aromatic ring is 1. The second kappa shape index (κ2) is 13.4. The Morgan fingerprint density at radius 3 is 2.76 bits per heavy atom. The summed E-state index contributed by atoms with van der Waals surface area (Å²) in [4.78, 5) is 62.2. The van der Waals surface area contributed by atoms with Gasteiger partial charge in [-0.3, -0.25) is 24.6 Å². The van der Waals surface area contributed by atoms with Crippen LogP contribution >= 0.6 is 23.1 Å².